The summed E-state index contributed by atoms with van der Waals surface area (Å²) in [4.78, 5) is 25.3. The largest absolute Gasteiger partial charge is 0.352 e. The molecule has 0 aromatic heterocycles. The first-order chi connectivity index (χ1) is 8.96. The fourth-order valence-electron chi connectivity index (χ4n) is 2.58. The molecule has 2 heterocycles. The molecule has 0 aromatic rings. The molecule has 2 fully saturated rings. The van der Waals surface area contributed by atoms with Gasteiger partial charge in [0.05, 0.1) is 11.5 Å². The number of likely N-dealkylation sites (tertiary alicyclic amines) is 1. The fraction of sp³-hybridized carbons (Fsp3) is 0.833. The van der Waals surface area contributed by atoms with Crippen LogP contribution in [0.25, 0.3) is 0 Å². The lowest BCUT2D eigenvalue weighted by molar-refractivity contribution is -0.136. The van der Waals surface area contributed by atoms with Crippen LogP contribution in [0, 0.1) is 0 Å². The van der Waals surface area contributed by atoms with Gasteiger partial charge in [0.25, 0.3) is 0 Å². The van der Waals surface area contributed by atoms with E-state index in [1.165, 1.54) is 0 Å². The Morgan fingerprint density at radius 3 is 2.42 bits per heavy atom. The van der Waals surface area contributed by atoms with Crippen molar-refractivity contribution in [3.63, 3.8) is 0 Å². The zero-order valence-electron chi connectivity index (χ0n) is 10.9. The predicted octanol–water partition coefficient (Wildman–Crippen LogP) is -0.308. The molecule has 2 amide bonds. The van der Waals surface area contributed by atoms with Crippen LogP contribution in [-0.2, 0) is 19.4 Å². The van der Waals surface area contributed by atoms with E-state index in [9.17, 15) is 18.0 Å². The van der Waals surface area contributed by atoms with Crippen LogP contribution >= 0.6 is 0 Å². The van der Waals surface area contributed by atoms with Crippen LogP contribution in [0.3, 0.4) is 0 Å². The molecule has 2 saturated heterocycles. The van der Waals surface area contributed by atoms with Gasteiger partial charge in [-0.25, -0.2) is 8.42 Å². The van der Waals surface area contributed by atoms with E-state index in [0.29, 0.717) is 6.42 Å². The fourth-order valence-corrected chi connectivity index (χ4v) is 4.25. The van der Waals surface area contributed by atoms with Gasteiger partial charge in [-0.1, -0.05) is 0 Å². The molecule has 0 bridgehead atoms. The lowest BCUT2D eigenvalue weighted by Crippen LogP contribution is -2.41. The molecule has 1 N–H and O–H groups in total. The molecule has 7 heteroatoms. The lowest BCUT2D eigenvalue weighted by atomic mass is 10.1. The second-order valence-corrected chi connectivity index (χ2v) is 7.51. The van der Waals surface area contributed by atoms with Crippen molar-refractivity contribution in [3.05, 3.63) is 0 Å². The Hall–Kier alpha value is -1.11. The number of amides is 2. The summed E-state index contributed by atoms with van der Waals surface area (Å²) in [7, 11) is -3.00. The average Bonchev–Trinajstić information content (AvgIpc) is 2.69. The van der Waals surface area contributed by atoms with E-state index in [1.807, 2.05) is 0 Å². The minimum atomic E-state index is -3.00. The van der Waals surface area contributed by atoms with E-state index in [0.717, 1.165) is 32.4 Å². The molecule has 2 aliphatic heterocycles. The number of nitrogens with one attached hydrogen (secondary N) is 1. The van der Waals surface area contributed by atoms with E-state index in [2.05, 4.69) is 5.32 Å². The number of sulfone groups is 1. The summed E-state index contributed by atoms with van der Waals surface area (Å²) in [6.45, 7) is 1.45. The van der Waals surface area contributed by atoms with Crippen molar-refractivity contribution >= 4 is 21.7 Å². The summed E-state index contributed by atoms with van der Waals surface area (Å²) in [5.74, 6) is -0.398. The van der Waals surface area contributed by atoms with Gasteiger partial charge < -0.3 is 10.2 Å². The highest BCUT2D eigenvalue weighted by molar-refractivity contribution is 7.91. The van der Waals surface area contributed by atoms with Crippen molar-refractivity contribution in [1.29, 1.82) is 0 Å². The zero-order chi connectivity index (χ0) is 13.9. The summed E-state index contributed by atoms with van der Waals surface area (Å²) in [6, 6.07) is -0.327. The van der Waals surface area contributed by atoms with Gasteiger partial charge in [-0.15, -0.1) is 0 Å². The normalized spacial score (nSPS) is 26.1. The molecule has 0 saturated carbocycles. The summed E-state index contributed by atoms with van der Waals surface area (Å²) in [6.07, 6.45) is 3.40. The average molecular weight is 288 g/mol. The van der Waals surface area contributed by atoms with E-state index in [4.69, 9.17) is 0 Å². The van der Waals surface area contributed by atoms with Gasteiger partial charge in [0.15, 0.2) is 9.84 Å². The summed E-state index contributed by atoms with van der Waals surface area (Å²) >= 11 is 0. The standard InChI is InChI=1S/C12H20N2O4S/c15-11(13-10-4-7-19(17,18)9-10)8-12(16)14-5-2-1-3-6-14/h10H,1-9H2,(H,13,15). The molecule has 1 unspecified atom stereocenters. The predicted molar refractivity (Wildman–Crippen MR) is 70.2 cm³/mol. The minimum absolute atomic E-state index is 0.00333. The van der Waals surface area contributed by atoms with Gasteiger partial charge in [-0.3, -0.25) is 9.59 Å². The SMILES string of the molecule is O=C(CC(=O)N1CCCCC1)NC1CCS(=O)(=O)C1. The summed E-state index contributed by atoms with van der Waals surface area (Å²) in [5.41, 5.74) is 0. The van der Waals surface area contributed by atoms with Gasteiger partial charge in [0.2, 0.25) is 11.8 Å². The van der Waals surface area contributed by atoms with Gasteiger partial charge in [0, 0.05) is 19.1 Å². The van der Waals surface area contributed by atoms with Crippen LogP contribution in [0.4, 0.5) is 0 Å². The Kier molecular flexibility index (Phi) is 4.44. The molecule has 19 heavy (non-hydrogen) atoms. The topological polar surface area (TPSA) is 83.6 Å². The molecule has 2 aliphatic rings. The third-order valence-corrected chi connectivity index (χ3v) is 5.39. The Morgan fingerprint density at radius 1 is 1.16 bits per heavy atom. The first-order valence-corrected chi connectivity index (χ1v) is 8.56. The second kappa shape index (κ2) is 5.90. The van der Waals surface area contributed by atoms with Crippen LogP contribution in [0.1, 0.15) is 32.1 Å². The number of hydrogen-bond donors (Lipinski definition) is 1. The first-order valence-electron chi connectivity index (χ1n) is 6.74. The van der Waals surface area contributed by atoms with Gasteiger partial charge >= 0.3 is 0 Å². The number of hydrogen-bond acceptors (Lipinski definition) is 4. The highest BCUT2D eigenvalue weighted by Crippen LogP contribution is 2.12. The second-order valence-electron chi connectivity index (χ2n) is 5.29. The molecule has 0 radical (unpaired) electrons. The third-order valence-electron chi connectivity index (χ3n) is 3.62. The van der Waals surface area contributed by atoms with Crippen LogP contribution in [0.5, 0.6) is 0 Å². The number of nitrogens with zero attached hydrogens (tertiary/aromatic N) is 1. The monoisotopic (exact) mass is 288 g/mol. The Labute approximate surface area is 113 Å². The van der Waals surface area contributed by atoms with Gasteiger partial charge in [-0.2, -0.15) is 0 Å². The molecular weight excluding hydrogens is 268 g/mol. The molecule has 6 nitrogen and oxygen atoms in total. The minimum Gasteiger partial charge on any atom is -0.352 e. The molecule has 0 aromatic carbocycles. The van der Waals surface area contributed by atoms with Crippen molar-refractivity contribution in [2.75, 3.05) is 24.6 Å². The van der Waals surface area contributed by atoms with Crippen molar-refractivity contribution in [2.45, 2.75) is 38.1 Å². The van der Waals surface area contributed by atoms with E-state index in [1.54, 1.807) is 4.90 Å². The van der Waals surface area contributed by atoms with E-state index >= 15 is 0 Å². The van der Waals surface area contributed by atoms with Crippen molar-refractivity contribution in [2.24, 2.45) is 0 Å². The van der Waals surface area contributed by atoms with Gasteiger partial charge in [-0.05, 0) is 25.7 Å². The van der Waals surface area contributed by atoms with Crippen molar-refractivity contribution in [3.8, 4) is 0 Å². The molecular formula is C12H20N2O4S. The molecule has 0 spiro atoms. The maximum atomic E-state index is 11.9. The lowest BCUT2D eigenvalue weighted by Gasteiger charge is -2.26. The van der Waals surface area contributed by atoms with Gasteiger partial charge in [0.1, 0.15) is 6.42 Å². The highest BCUT2D eigenvalue weighted by atomic mass is 32.2. The Morgan fingerprint density at radius 2 is 1.84 bits per heavy atom. The first kappa shape index (κ1) is 14.3. The Bertz CT molecular complexity index is 454. The number of carbonyl (C=O) groups excluding carboxylic acids is 2. The van der Waals surface area contributed by atoms with Crippen LogP contribution in [0.15, 0.2) is 0 Å². The highest BCUT2D eigenvalue weighted by Gasteiger charge is 2.29. The molecule has 0 aliphatic carbocycles. The third kappa shape index (κ3) is 4.19. The maximum absolute atomic E-state index is 11.9. The van der Waals surface area contributed by atoms with Crippen molar-refractivity contribution in [1.82, 2.24) is 10.2 Å². The van der Waals surface area contributed by atoms with Crippen LogP contribution in [0.2, 0.25) is 0 Å². The van der Waals surface area contributed by atoms with Crippen molar-refractivity contribution < 1.29 is 18.0 Å². The number of carbonyl (C=O) groups is 2. The van der Waals surface area contributed by atoms with Crippen LogP contribution < -0.4 is 5.32 Å². The zero-order valence-corrected chi connectivity index (χ0v) is 11.7. The summed E-state index contributed by atoms with van der Waals surface area (Å²) in [5, 5.41) is 2.64. The molecule has 1 atom stereocenters. The molecule has 2 rings (SSSR count). The Balaban J connectivity index is 1.76. The number of piperidine rings is 1. The summed E-state index contributed by atoms with van der Waals surface area (Å²) < 4.78 is 22.5. The molecule has 108 valence electrons. The van der Waals surface area contributed by atoms with Crippen LogP contribution in [-0.4, -0.2) is 55.8 Å². The van der Waals surface area contributed by atoms with E-state index in [-0.39, 0.29) is 35.8 Å². The maximum Gasteiger partial charge on any atom is 0.232 e. The quantitative estimate of drug-likeness (QED) is 0.722. The number of rotatable bonds is 3. The smallest absolute Gasteiger partial charge is 0.232 e. The van der Waals surface area contributed by atoms with E-state index < -0.39 is 9.84 Å².